The quantitative estimate of drug-likeness (QED) is 0.394. The van der Waals surface area contributed by atoms with E-state index in [2.05, 4.69) is 16.4 Å². The Bertz CT molecular complexity index is 1450. The SMILES string of the molecule is N#CCc1ccn2c(-c3ccnc(NCc4ccccc4)n3)c(-c3ccc(F)cc3)nc2c1. The number of benzene rings is 2. The molecule has 1 N–H and O–H groups in total. The van der Waals surface area contributed by atoms with Crippen LogP contribution in [0.15, 0.2) is 85.2 Å². The summed E-state index contributed by atoms with van der Waals surface area (Å²) in [6, 6.07) is 24.0. The van der Waals surface area contributed by atoms with Gasteiger partial charge in [-0.25, -0.2) is 19.3 Å². The Hall–Kier alpha value is -4.57. The van der Waals surface area contributed by atoms with Crippen LogP contribution in [0.3, 0.4) is 0 Å². The molecule has 5 aromatic rings. The van der Waals surface area contributed by atoms with Gasteiger partial charge in [-0.3, -0.25) is 4.40 Å². The second-order valence-corrected chi connectivity index (χ2v) is 7.52. The summed E-state index contributed by atoms with van der Waals surface area (Å²) in [5.74, 6) is 0.187. The Morgan fingerprint density at radius 3 is 2.55 bits per heavy atom. The van der Waals surface area contributed by atoms with E-state index in [1.165, 1.54) is 12.1 Å². The number of imidazole rings is 1. The lowest BCUT2D eigenvalue weighted by molar-refractivity contribution is 0.628. The number of hydrogen-bond acceptors (Lipinski definition) is 5. The number of aromatic nitrogens is 4. The minimum Gasteiger partial charge on any atom is -0.350 e. The summed E-state index contributed by atoms with van der Waals surface area (Å²) in [6.07, 6.45) is 3.88. The lowest BCUT2D eigenvalue weighted by Crippen LogP contribution is -2.04. The summed E-state index contributed by atoms with van der Waals surface area (Å²) in [7, 11) is 0. The maximum Gasteiger partial charge on any atom is 0.223 e. The van der Waals surface area contributed by atoms with Crippen molar-refractivity contribution in [2.75, 3.05) is 5.32 Å². The number of fused-ring (bicyclic) bond motifs is 1. The molecule has 2 aromatic carbocycles. The highest BCUT2D eigenvalue weighted by molar-refractivity contribution is 5.80. The maximum absolute atomic E-state index is 13.6. The number of halogens is 1. The molecule has 0 radical (unpaired) electrons. The van der Waals surface area contributed by atoms with E-state index in [0.717, 1.165) is 22.4 Å². The number of nitrogens with zero attached hydrogens (tertiary/aromatic N) is 5. The van der Waals surface area contributed by atoms with E-state index in [0.29, 0.717) is 35.9 Å². The molecule has 3 aromatic heterocycles. The zero-order chi connectivity index (χ0) is 22.6. The first-order valence-corrected chi connectivity index (χ1v) is 10.5. The van der Waals surface area contributed by atoms with Crippen LogP contribution in [0.25, 0.3) is 28.3 Å². The van der Waals surface area contributed by atoms with Gasteiger partial charge in [-0.1, -0.05) is 30.3 Å². The molecule has 160 valence electrons. The predicted octanol–water partition coefficient (Wildman–Crippen LogP) is 5.28. The third-order valence-corrected chi connectivity index (χ3v) is 5.28. The standard InChI is InChI=1S/C26H19FN6/c27-21-8-6-20(7-9-21)24-25(33-15-12-18(10-13-28)16-23(33)32-24)22-11-14-29-26(31-22)30-17-19-4-2-1-3-5-19/h1-9,11-12,14-16H,10,17H2,(H,29,30,31). The van der Waals surface area contributed by atoms with Crippen molar-refractivity contribution in [3.05, 3.63) is 102 Å². The molecule has 0 amide bonds. The van der Waals surface area contributed by atoms with Crippen molar-refractivity contribution < 1.29 is 4.39 Å². The zero-order valence-corrected chi connectivity index (χ0v) is 17.6. The Labute approximate surface area is 190 Å². The van der Waals surface area contributed by atoms with Gasteiger partial charge in [-0.15, -0.1) is 0 Å². The van der Waals surface area contributed by atoms with Gasteiger partial charge in [0.15, 0.2) is 0 Å². The monoisotopic (exact) mass is 434 g/mol. The molecule has 0 unspecified atom stereocenters. The molecule has 0 saturated carbocycles. The number of nitriles is 1. The molecule has 5 rings (SSSR count). The molecule has 7 heteroatoms. The van der Waals surface area contributed by atoms with Crippen LogP contribution in [-0.2, 0) is 13.0 Å². The molecule has 0 saturated heterocycles. The van der Waals surface area contributed by atoms with Gasteiger partial charge in [0.05, 0.1) is 29.6 Å². The van der Waals surface area contributed by atoms with Crippen LogP contribution in [-0.4, -0.2) is 19.4 Å². The first kappa shape index (κ1) is 20.3. The number of hydrogen-bond donors (Lipinski definition) is 1. The Morgan fingerprint density at radius 1 is 0.939 bits per heavy atom. The van der Waals surface area contributed by atoms with E-state index in [1.807, 2.05) is 59.1 Å². The van der Waals surface area contributed by atoms with Crippen molar-refractivity contribution in [2.24, 2.45) is 0 Å². The molecule has 0 atom stereocenters. The van der Waals surface area contributed by atoms with Crippen LogP contribution >= 0.6 is 0 Å². The second kappa shape index (κ2) is 8.89. The summed E-state index contributed by atoms with van der Waals surface area (Å²) in [5, 5.41) is 12.3. The topological polar surface area (TPSA) is 78.9 Å². The zero-order valence-electron chi connectivity index (χ0n) is 17.6. The van der Waals surface area contributed by atoms with Gasteiger partial charge in [0.1, 0.15) is 11.5 Å². The van der Waals surface area contributed by atoms with E-state index in [9.17, 15) is 4.39 Å². The summed E-state index contributed by atoms with van der Waals surface area (Å²) in [6.45, 7) is 0.597. The maximum atomic E-state index is 13.6. The molecular formula is C26H19FN6. The highest BCUT2D eigenvalue weighted by Crippen LogP contribution is 2.32. The molecule has 33 heavy (non-hydrogen) atoms. The smallest absolute Gasteiger partial charge is 0.223 e. The predicted molar refractivity (Wildman–Crippen MR) is 125 cm³/mol. The van der Waals surface area contributed by atoms with Crippen LogP contribution in [0.2, 0.25) is 0 Å². The number of nitrogens with one attached hydrogen (secondary N) is 1. The lowest BCUT2D eigenvalue weighted by atomic mass is 10.1. The molecule has 0 spiro atoms. The summed E-state index contributed by atoms with van der Waals surface area (Å²) >= 11 is 0. The summed E-state index contributed by atoms with van der Waals surface area (Å²) < 4.78 is 15.5. The first-order valence-electron chi connectivity index (χ1n) is 10.5. The molecular weight excluding hydrogens is 415 g/mol. The number of anilines is 1. The Balaban J connectivity index is 1.59. The first-order chi connectivity index (χ1) is 16.2. The minimum atomic E-state index is -0.310. The lowest BCUT2D eigenvalue weighted by Gasteiger charge is -2.09. The third-order valence-electron chi connectivity index (χ3n) is 5.28. The van der Waals surface area contributed by atoms with Gasteiger partial charge in [-0.2, -0.15) is 5.26 Å². The normalized spacial score (nSPS) is 10.8. The fraction of sp³-hybridized carbons (Fsp3) is 0.0769. The van der Waals surface area contributed by atoms with E-state index < -0.39 is 0 Å². The van der Waals surface area contributed by atoms with E-state index in [4.69, 9.17) is 15.2 Å². The van der Waals surface area contributed by atoms with Gasteiger partial charge in [0.25, 0.3) is 0 Å². The molecule has 0 fully saturated rings. The van der Waals surface area contributed by atoms with Crippen molar-refractivity contribution in [1.29, 1.82) is 5.26 Å². The highest BCUT2D eigenvalue weighted by Gasteiger charge is 2.18. The van der Waals surface area contributed by atoms with Crippen molar-refractivity contribution in [1.82, 2.24) is 19.4 Å². The highest BCUT2D eigenvalue weighted by atomic mass is 19.1. The van der Waals surface area contributed by atoms with E-state index in [1.54, 1.807) is 18.3 Å². The van der Waals surface area contributed by atoms with Gasteiger partial charge < -0.3 is 5.32 Å². The largest absolute Gasteiger partial charge is 0.350 e. The Kier molecular flexibility index (Phi) is 5.48. The Morgan fingerprint density at radius 2 is 1.76 bits per heavy atom. The van der Waals surface area contributed by atoms with Gasteiger partial charge in [0, 0.05) is 24.5 Å². The van der Waals surface area contributed by atoms with Crippen LogP contribution in [0.5, 0.6) is 0 Å². The van der Waals surface area contributed by atoms with Crippen LogP contribution in [0.4, 0.5) is 10.3 Å². The van der Waals surface area contributed by atoms with Gasteiger partial charge in [0.2, 0.25) is 5.95 Å². The van der Waals surface area contributed by atoms with E-state index >= 15 is 0 Å². The van der Waals surface area contributed by atoms with Gasteiger partial charge >= 0.3 is 0 Å². The molecule has 3 heterocycles. The van der Waals surface area contributed by atoms with Gasteiger partial charge in [-0.05, 0) is 53.6 Å². The summed E-state index contributed by atoms with van der Waals surface area (Å²) in [5.41, 5.74) is 5.59. The number of rotatable bonds is 6. The van der Waals surface area contributed by atoms with E-state index in [-0.39, 0.29) is 5.82 Å². The average molecular weight is 434 g/mol. The van der Waals surface area contributed by atoms with Crippen molar-refractivity contribution in [3.8, 4) is 28.7 Å². The fourth-order valence-corrected chi connectivity index (χ4v) is 3.69. The molecule has 0 aliphatic heterocycles. The van der Waals surface area contributed by atoms with Crippen LogP contribution in [0.1, 0.15) is 11.1 Å². The fourth-order valence-electron chi connectivity index (χ4n) is 3.69. The molecule has 6 nitrogen and oxygen atoms in total. The van der Waals surface area contributed by atoms with Crippen molar-refractivity contribution >= 4 is 11.6 Å². The van der Waals surface area contributed by atoms with Crippen molar-refractivity contribution in [3.63, 3.8) is 0 Å². The summed E-state index contributed by atoms with van der Waals surface area (Å²) in [4.78, 5) is 13.9. The van der Waals surface area contributed by atoms with Crippen LogP contribution < -0.4 is 5.32 Å². The minimum absolute atomic E-state index is 0.297. The van der Waals surface area contributed by atoms with Crippen LogP contribution in [0, 0.1) is 17.1 Å². The van der Waals surface area contributed by atoms with Crippen molar-refractivity contribution in [2.45, 2.75) is 13.0 Å². The second-order valence-electron chi connectivity index (χ2n) is 7.52. The average Bonchev–Trinajstić information content (AvgIpc) is 3.23. The molecule has 0 bridgehead atoms. The third kappa shape index (κ3) is 4.27. The molecule has 0 aliphatic rings. The number of pyridine rings is 1. The molecule has 0 aliphatic carbocycles.